The highest BCUT2D eigenvalue weighted by molar-refractivity contribution is 7.00. The standard InChI is InChI=1S/C62H75BN4/c1-59(2,3)45-34-46(60(4,5)6)37-49(36-45)66-53-26-24-42(40-20-15-13-16-21-40)30-51(53)63-52-31-43(41-22-17-14-18-23-41)25-27-54(52)67(50-38-47(61(7,8)9)35-48(39-50)62(10,11)12)56-33-44(32-55(66)57(56)63)58-64-28-19-29-65-58/h19,24-41H,13-18,20-23H2,1-12H3. The van der Waals surface area contributed by atoms with E-state index in [1.165, 1.54) is 148 Å². The van der Waals surface area contributed by atoms with Gasteiger partial charge in [-0.3, -0.25) is 0 Å². The number of hydrogen-bond donors (Lipinski definition) is 0. The molecular weight excluding hydrogens is 812 g/mol. The molecule has 5 aromatic carbocycles. The van der Waals surface area contributed by atoms with Gasteiger partial charge in [0.1, 0.15) is 0 Å². The summed E-state index contributed by atoms with van der Waals surface area (Å²) >= 11 is 0. The predicted molar refractivity (Wildman–Crippen MR) is 288 cm³/mol. The molecule has 0 saturated heterocycles. The van der Waals surface area contributed by atoms with Crippen molar-refractivity contribution in [1.29, 1.82) is 0 Å². The second kappa shape index (κ2) is 16.8. The van der Waals surface area contributed by atoms with E-state index in [2.05, 4.69) is 178 Å². The SMILES string of the molecule is CC(C)(C)c1cc(N2c3ccc(C4CCCCC4)cc3B3c4cc(C5CCCCC5)ccc4N(c4cc(C(C)(C)C)cc(C(C)(C)C)c4)c4cc(-c5ncccn5)cc2c43)cc(C(C)(C)C)c1. The van der Waals surface area contributed by atoms with Crippen molar-refractivity contribution in [3.8, 4) is 11.4 Å². The molecule has 0 atom stereocenters. The first-order chi connectivity index (χ1) is 31.7. The van der Waals surface area contributed by atoms with Crippen LogP contribution in [0.15, 0.2) is 103 Å². The maximum atomic E-state index is 4.96. The van der Waals surface area contributed by atoms with Crippen LogP contribution in [0.2, 0.25) is 0 Å². The quantitative estimate of drug-likeness (QED) is 0.161. The summed E-state index contributed by atoms with van der Waals surface area (Å²) in [5, 5.41) is 0. The average Bonchev–Trinajstić information content (AvgIpc) is 3.30. The topological polar surface area (TPSA) is 32.3 Å². The molecular formula is C62H75BN4. The van der Waals surface area contributed by atoms with Crippen LogP contribution >= 0.6 is 0 Å². The van der Waals surface area contributed by atoms with Crippen LogP contribution in [-0.2, 0) is 21.7 Å². The summed E-state index contributed by atoms with van der Waals surface area (Å²) in [6.07, 6.45) is 16.8. The van der Waals surface area contributed by atoms with E-state index in [4.69, 9.17) is 9.97 Å². The van der Waals surface area contributed by atoms with Crippen molar-refractivity contribution in [3.05, 3.63) is 137 Å². The Morgan fingerprint density at radius 1 is 0.433 bits per heavy atom. The monoisotopic (exact) mass is 887 g/mol. The lowest BCUT2D eigenvalue weighted by Crippen LogP contribution is -2.61. The maximum Gasteiger partial charge on any atom is 0.252 e. The van der Waals surface area contributed by atoms with E-state index in [1.54, 1.807) is 0 Å². The van der Waals surface area contributed by atoms with Gasteiger partial charge in [0.05, 0.1) is 0 Å². The van der Waals surface area contributed by atoms with Gasteiger partial charge in [-0.25, -0.2) is 9.97 Å². The molecule has 0 amide bonds. The van der Waals surface area contributed by atoms with Crippen molar-refractivity contribution in [2.75, 3.05) is 9.80 Å². The summed E-state index contributed by atoms with van der Waals surface area (Å²) in [5.74, 6) is 1.92. The molecule has 0 N–H and O–H groups in total. The van der Waals surface area contributed by atoms with Crippen molar-refractivity contribution in [2.24, 2.45) is 0 Å². The number of rotatable bonds is 5. The first kappa shape index (κ1) is 45.6. The van der Waals surface area contributed by atoms with Crippen LogP contribution < -0.4 is 26.2 Å². The summed E-state index contributed by atoms with van der Waals surface area (Å²) < 4.78 is 0. The molecule has 0 bridgehead atoms. The van der Waals surface area contributed by atoms with Gasteiger partial charge in [-0.15, -0.1) is 0 Å². The van der Waals surface area contributed by atoms with Crippen molar-refractivity contribution in [2.45, 2.75) is 181 Å². The Morgan fingerprint density at radius 2 is 0.806 bits per heavy atom. The van der Waals surface area contributed by atoms with Crippen LogP contribution in [0.5, 0.6) is 0 Å². The van der Waals surface area contributed by atoms with Crippen LogP contribution in [0.4, 0.5) is 34.1 Å². The number of aromatic nitrogens is 2. The molecule has 1 aromatic heterocycles. The summed E-state index contributed by atoms with van der Waals surface area (Å²) in [4.78, 5) is 15.2. The van der Waals surface area contributed by atoms with Crippen LogP contribution in [0, 0.1) is 0 Å². The molecule has 4 aliphatic rings. The van der Waals surface area contributed by atoms with E-state index >= 15 is 0 Å². The molecule has 6 aromatic rings. The molecule has 0 unspecified atom stereocenters. The Balaban J connectivity index is 1.35. The van der Waals surface area contributed by atoms with Gasteiger partial charge in [-0.2, -0.15) is 0 Å². The molecule has 0 radical (unpaired) electrons. The lowest BCUT2D eigenvalue weighted by atomic mass is 9.33. The van der Waals surface area contributed by atoms with Gasteiger partial charge >= 0.3 is 0 Å². The Hall–Kier alpha value is -5.16. The number of fused-ring (bicyclic) bond motifs is 4. The zero-order valence-corrected chi connectivity index (χ0v) is 42.9. The molecule has 2 aliphatic carbocycles. The van der Waals surface area contributed by atoms with E-state index in [0.717, 1.165) is 11.4 Å². The fraction of sp³-hybridized carbons (Fsp3) is 0.452. The van der Waals surface area contributed by atoms with Crippen molar-refractivity contribution in [3.63, 3.8) is 0 Å². The van der Waals surface area contributed by atoms with Crippen molar-refractivity contribution >= 4 is 57.2 Å². The van der Waals surface area contributed by atoms with E-state index < -0.39 is 0 Å². The van der Waals surface area contributed by atoms with Gasteiger partial charge in [0.2, 0.25) is 0 Å². The summed E-state index contributed by atoms with van der Waals surface area (Å²) in [7, 11) is 0. The molecule has 3 heterocycles. The minimum absolute atomic E-state index is 0.0427. The number of benzene rings is 5. The van der Waals surface area contributed by atoms with Gasteiger partial charge in [0.25, 0.3) is 6.71 Å². The lowest BCUT2D eigenvalue weighted by molar-refractivity contribution is 0.444. The zero-order valence-electron chi connectivity index (χ0n) is 42.9. The molecule has 4 nitrogen and oxygen atoms in total. The average molecular weight is 887 g/mol. The van der Waals surface area contributed by atoms with Crippen molar-refractivity contribution in [1.82, 2.24) is 9.97 Å². The molecule has 0 spiro atoms. The van der Waals surface area contributed by atoms with Crippen LogP contribution in [-0.4, -0.2) is 16.7 Å². The van der Waals surface area contributed by atoms with E-state index in [-0.39, 0.29) is 28.4 Å². The number of nitrogens with zero attached hydrogens (tertiary/aromatic N) is 4. The third kappa shape index (κ3) is 8.56. The molecule has 5 heteroatoms. The van der Waals surface area contributed by atoms with Crippen LogP contribution in [0.25, 0.3) is 11.4 Å². The van der Waals surface area contributed by atoms with Gasteiger partial charge in [0, 0.05) is 52.1 Å². The molecule has 2 fully saturated rings. The fourth-order valence-corrected chi connectivity index (χ4v) is 11.8. The van der Waals surface area contributed by atoms with Crippen molar-refractivity contribution < 1.29 is 0 Å². The third-order valence-electron chi connectivity index (χ3n) is 15.9. The van der Waals surface area contributed by atoms with Crippen LogP contribution in [0.3, 0.4) is 0 Å². The third-order valence-corrected chi connectivity index (χ3v) is 15.9. The fourth-order valence-electron chi connectivity index (χ4n) is 11.8. The Bertz CT molecular complexity index is 2580. The first-order valence-electron chi connectivity index (χ1n) is 25.9. The normalized spacial score (nSPS) is 17.0. The summed E-state index contributed by atoms with van der Waals surface area (Å²) in [6.45, 7) is 28.4. The highest BCUT2D eigenvalue weighted by Gasteiger charge is 2.45. The summed E-state index contributed by atoms with van der Waals surface area (Å²) in [5.41, 5.74) is 20.9. The Labute approximate surface area is 404 Å². The lowest BCUT2D eigenvalue weighted by Gasteiger charge is -2.45. The first-order valence-corrected chi connectivity index (χ1v) is 25.9. The zero-order chi connectivity index (χ0) is 47.2. The smallest absolute Gasteiger partial charge is 0.252 e. The van der Waals surface area contributed by atoms with Gasteiger partial charge in [-0.1, -0.05) is 158 Å². The Kier molecular flexibility index (Phi) is 11.4. The minimum Gasteiger partial charge on any atom is -0.311 e. The van der Waals surface area contributed by atoms with E-state index in [1.807, 2.05) is 18.5 Å². The highest BCUT2D eigenvalue weighted by Crippen LogP contribution is 2.49. The summed E-state index contributed by atoms with van der Waals surface area (Å²) in [6, 6.07) is 37.0. The molecule has 2 saturated carbocycles. The Morgan fingerprint density at radius 3 is 1.16 bits per heavy atom. The predicted octanol–water partition coefficient (Wildman–Crippen LogP) is 15.5. The molecule has 10 rings (SSSR count). The van der Waals surface area contributed by atoms with E-state index in [9.17, 15) is 0 Å². The second-order valence-corrected chi connectivity index (χ2v) is 24.9. The van der Waals surface area contributed by atoms with Gasteiger partial charge < -0.3 is 9.80 Å². The number of hydrogen-bond acceptors (Lipinski definition) is 4. The largest absolute Gasteiger partial charge is 0.311 e. The van der Waals surface area contributed by atoms with E-state index in [0.29, 0.717) is 11.8 Å². The van der Waals surface area contributed by atoms with Gasteiger partial charge in [-0.05, 0) is 164 Å². The molecule has 2 aliphatic heterocycles. The maximum absolute atomic E-state index is 4.96. The van der Waals surface area contributed by atoms with Crippen LogP contribution in [0.1, 0.15) is 193 Å². The highest BCUT2D eigenvalue weighted by atomic mass is 15.2. The number of anilines is 6. The van der Waals surface area contributed by atoms with Gasteiger partial charge in [0.15, 0.2) is 5.82 Å². The minimum atomic E-state index is -0.0464. The molecule has 67 heavy (non-hydrogen) atoms. The molecule has 346 valence electrons. The second-order valence-electron chi connectivity index (χ2n) is 24.9.